The molecule has 0 aliphatic carbocycles. The van der Waals surface area contributed by atoms with Crippen LogP contribution < -0.4 is 9.62 Å². The summed E-state index contributed by atoms with van der Waals surface area (Å²) in [6.45, 7) is 1.47. The standard InChI is InChI=1S/C18H18F3N3O5S/c1-3-16(17(25)22-15-10-5-4-9-14(15)18(19,20)21)23(30(2,28)29)12-7-6-8-13(11-12)24(26)27/h4-11,16H,3H2,1-2H3,(H,22,25)/t16-/m1/s1. The van der Waals surface area contributed by atoms with Crippen molar-refractivity contribution in [3.8, 4) is 0 Å². The fraction of sp³-hybridized carbons (Fsp3) is 0.278. The monoisotopic (exact) mass is 445 g/mol. The van der Waals surface area contributed by atoms with Crippen molar-refractivity contribution < 1.29 is 31.3 Å². The second-order valence-electron chi connectivity index (χ2n) is 6.29. The highest BCUT2D eigenvalue weighted by Gasteiger charge is 2.36. The van der Waals surface area contributed by atoms with Gasteiger partial charge in [-0.3, -0.25) is 19.2 Å². The van der Waals surface area contributed by atoms with E-state index >= 15 is 0 Å². The van der Waals surface area contributed by atoms with Gasteiger partial charge in [0.15, 0.2) is 0 Å². The average Bonchev–Trinajstić information content (AvgIpc) is 2.64. The number of alkyl halides is 3. The Bertz CT molecular complexity index is 1060. The van der Waals surface area contributed by atoms with Crippen molar-refractivity contribution in [2.45, 2.75) is 25.6 Å². The molecule has 0 aliphatic rings. The number of anilines is 2. The number of nitro benzene ring substituents is 1. The number of amides is 1. The highest BCUT2D eigenvalue weighted by molar-refractivity contribution is 7.92. The first-order chi connectivity index (χ1) is 13.9. The summed E-state index contributed by atoms with van der Waals surface area (Å²) in [5, 5.41) is 13.2. The van der Waals surface area contributed by atoms with Gasteiger partial charge in [-0.15, -0.1) is 0 Å². The van der Waals surface area contributed by atoms with Gasteiger partial charge in [-0.05, 0) is 24.6 Å². The second kappa shape index (κ2) is 8.69. The van der Waals surface area contributed by atoms with Crippen LogP contribution in [0.25, 0.3) is 0 Å². The Morgan fingerprint density at radius 2 is 1.83 bits per heavy atom. The molecule has 0 saturated carbocycles. The Morgan fingerprint density at radius 1 is 1.20 bits per heavy atom. The largest absolute Gasteiger partial charge is 0.418 e. The van der Waals surface area contributed by atoms with Crippen LogP contribution in [0.1, 0.15) is 18.9 Å². The van der Waals surface area contributed by atoms with Gasteiger partial charge in [0.05, 0.1) is 28.1 Å². The first-order valence-electron chi connectivity index (χ1n) is 8.57. The second-order valence-corrected chi connectivity index (χ2v) is 8.15. The summed E-state index contributed by atoms with van der Waals surface area (Å²) in [6, 6.07) is 7.45. The summed E-state index contributed by atoms with van der Waals surface area (Å²) in [5.74, 6) is -1.01. The summed E-state index contributed by atoms with van der Waals surface area (Å²) in [6.07, 6.45) is -4.04. The van der Waals surface area contributed by atoms with Gasteiger partial charge in [0.25, 0.3) is 5.69 Å². The predicted octanol–water partition coefficient (Wildman–Crippen LogP) is 3.80. The Balaban J connectivity index is 2.48. The number of nitrogens with one attached hydrogen (secondary N) is 1. The highest BCUT2D eigenvalue weighted by Crippen LogP contribution is 2.35. The van der Waals surface area contributed by atoms with Crippen molar-refractivity contribution in [1.82, 2.24) is 0 Å². The van der Waals surface area contributed by atoms with Gasteiger partial charge < -0.3 is 5.32 Å². The number of carbonyl (C=O) groups excluding carboxylic acids is 1. The third-order valence-electron chi connectivity index (χ3n) is 4.12. The zero-order valence-corrected chi connectivity index (χ0v) is 16.7. The minimum atomic E-state index is -4.73. The molecule has 0 saturated heterocycles. The normalized spacial score (nSPS) is 12.8. The number of carbonyl (C=O) groups is 1. The van der Waals surface area contributed by atoms with Gasteiger partial charge in [-0.1, -0.05) is 25.1 Å². The Kier molecular flexibility index (Phi) is 6.70. The van der Waals surface area contributed by atoms with Gasteiger partial charge in [-0.25, -0.2) is 8.42 Å². The van der Waals surface area contributed by atoms with Crippen LogP contribution in [-0.4, -0.2) is 31.5 Å². The summed E-state index contributed by atoms with van der Waals surface area (Å²) < 4.78 is 65.0. The summed E-state index contributed by atoms with van der Waals surface area (Å²) in [7, 11) is -4.12. The number of benzene rings is 2. The third kappa shape index (κ3) is 5.26. The van der Waals surface area contributed by atoms with E-state index in [-0.39, 0.29) is 12.1 Å². The molecule has 0 bridgehead atoms. The zero-order chi connectivity index (χ0) is 22.7. The maximum atomic E-state index is 13.2. The number of nitro groups is 1. The number of rotatable bonds is 7. The van der Waals surface area contributed by atoms with Crippen LogP contribution in [0.4, 0.5) is 30.2 Å². The molecular weight excluding hydrogens is 427 g/mol. The van der Waals surface area contributed by atoms with Crippen molar-refractivity contribution >= 4 is 33.0 Å². The summed E-state index contributed by atoms with van der Waals surface area (Å²) >= 11 is 0. The molecule has 2 rings (SSSR count). The fourth-order valence-electron chi connectivity index (χ4n) is 2.86. The van der Waals surface area contributed by atoms with Crippen LogP contribution in [0.3, 0.4) is 0 Å². The molecule has 12 heteroatoms. The maximum Gasteiger partial charge on any atom is 0.418 e. The number of non-ortho nitro benzene ring substituents is 1. The Hall–Kier alpha value is -3.15. The summed E-state index contributed by atoms with van der Waals surface area (Å²) in [4.78, 5) is 23.1. The van der Waals surface area contributed by atoms with E-state index in [1.807, 2.05) is 0 Å². The highest BCUT2D eigenvalue weighted by atomic mass is 32.2. The lowest BCUT2D eigenvalue weighted by molar-refractivity contribution is -0.384. The molecule has 0 fully saturated rings. The van der Waals surface area contributed by atoms with Gasteiger partial charge in [0, 0.05) is 12.1 Å². The van der Waals surface area contributed by atoms with Crippen LogP contribution in [-0.2, 0) is 21.0 Å². The van der Waals surface area contributed by atoms with E-state index in [0.29, 0.717) is 4.31 Å². The Labute approximate surface area is 170 Å². The molecule has 2 aromatic rings. The van der Waals surface area contributed by atoms with Gasteiger partial charge >= 0.3 is 6.18 Å². The topological polar surface area (TPSA) is 110 Å². The van der Waals surface area contributed by atoms with Crippen LogP contribution in [0.15, 0.2) is 48.5 Å². The number of sulfonamides is 1. The smallest absolute Gasteiger partial charge is 0.324 e. The SMILES string of the molecule is CC[C@H](C(=O)Nc1ccccc1C(F)(F)F)N(c1cccc([N+](=O)[O-])c1)S(C)(=O)=O. The maximum absolute atomic E-state index is 13.2. The molecule has 1 amide bonds. The van der Waals surface area contributed by atoms with Gasteiger partial charge in [0.1, 0.15) is 6.04 Å². The van der Waals surface area contributed by atoms with E-state index in [2.05, 4.69) is 5.32 Å². The number of nitrogens with zero attached hydrogens (tertiary/aromatic N) is 2. The molecule has 0 spiro atoms. The zero-order valence-electron chi connectivity index (χ0n) is 15.9. The first-order valence-corrected chi connectivity index (χ1v) is 10.4. The van der Waals surface area contributed by atoms with Gasteiger partial charge in [-0.2, -0.15) is 13.2 Å². The first kappa shape index (κ1) is 23.1. The van der Waals surface area contributed by atoms with E-state index in [1.54, 1.807) is 0 Å². The minimum absolute atomic E-state index is 0.101. The van der Waals surface area contributed by atoms with E-state index in [9.17, 15) is 36.5 Å². The van der Waals surface area contributed by atoms with E-state index < -0.39 is 50.0 Å². The lowest BCUT2D eigenvalue weighted by Gasteiger charge is -2.30. The molecule has 1 N–H and O–H groups in total. The quantitative estimate of drug-likeness (QED) is 0.515. The summed E-state index contributed by atoms with van der Waals surface area (Å²) in [5.41, 5.74) is -2.17. The molecule has 0 heterocycles. The van der Waals surface area contributed by atoms with E-state index in [4.69, 9.17) is 0 Å². The molecule has 0 aliphatic heterocycles. The van der Waals surface area contributed by atoms with Gasteiger partial charge in [0.2, 0.25) is 15.9 Å². The fourth-order valence-corrected chi connectivity index (χ4v) is 4.06. The lowest BCUT2D eigenvalue weighted by Crippen LogP contribution is -2.47. The van der Waals surface area contributed by atoms with Crippen molar-refractivity contribution in [1.29, 1.82) is 0 Å². The van der Waals surface area contributed by atoms with Crippen molar-refractivity contribution in [3.05, 3.63) is 64.2 Å². The molecule has 30 heavy (non-hydrogen) atoms. The predicted molar refractivity (Wildman–Crippen MR) is 105 cm³/mol. The number of hydrogen-bond donors (Lipinski definition) is 1. The Morgan fingerprint density at radius 3 is 2.37 bits per heavy atom. The van der Waals surface area contributed by atoms with Crippen LogP contribution >= 0.6 is 0 Å². The van der Waals surface area contributed by atoms with E-state index in [0.717, 1.165) is 36.6 Å². The van der Waals surface area contributed by atoms with Crippen LogP contribution in [0.5, 0.6) is 0 Å². The molecule has 2 aromatic carbocycles. The third-order valence-corrected chi connectivity index (χ3v) is 5.29. The van der Waals surface area contributed by atoms with Crippen molar-refractivity contribution in [2.75, 3.05) is 15.9 Å². The number of para-hydroxylation sites is 1. The molecule has 162 valence electrons. The molecule has 0 radical (unpaired) electrons. The number of halogens is 3. The molecule has 0 aromatic heterocycles. The van der Waals surface area contributed by atoms with Crippen molar-refractivity contribution in [2.24, 2.45) is 0 Å². The molecule has 1 atom stereocenters. The minimum Gasteiger partial charge on any atom is -0.324 e. The van der Waals surface area contributed by atoms with Crippen LogP contribution in [0, 0.1) is 10.1 Å². The lowest BCUT2D eigenvalue weighted by atomic mass is 10.1. The van der Waals surface area contributed by atoms with E-state index in [1.165, 1.54) is 25.1 Å². The van der Waals surface area contributed by atoms with Crippen molar-refractivity contribution in [3.63, 3.8) is 0 Å². The molecular formula is C18H18F3N3O5S. The molecule has 8 nitrogen and oxygen atoms in total. The average molecular weight is 445 g/mol. The molecule has 0 unspecified atom stereocenters. The number of hydrogen-bond acceptors (Lipinski definition) is 5. The van der Waals surface area contributed by atoms with Crippen LogP contribution in [0.2, 0.25) is 0 Å².